The van der Waals surface area contributed by atoms with Crippen LogP contribution in [0.15, 0.2) is 47.7 Å². The number of dihydropyridines is 1. The van der Waals surface area contributed by atoms with E-state index in [1.807, 2.05) is 30.5 Å². The number of nitrogens with one attached hydrogen (secondary N) is 1. The van der Waals surface area contributed by atoms with Crippen LogP contribution < -0.4 is 5.32 Å². The topological polar surface area (TPSA) is 29.1 Å². The fourth-order valence-electron chi connectivity index (χ4n) is 2.39. The predicted molar refractivity (Wildman–Crippen MR) is 63.3 cm³/mol. The number of hydrogen-bond acceptors (Lipinski definition) is 2. The molecule has 1 aromatic carbocycles. The molecule has 1 aliphatic heterocycles. The SMILES string of the molecule is O=C1C2=C(C=CNC2)CCc2ccccc21. The minimum atomic E-state index is 0.194. The molecule has 2 heteroatoms. The molecule has 1 aliphatic carbocycles. The molecule has 0 radical (unpaired) electrons. The number of carbonyl (C=O) groups is 1. The van der Waals surface area contributed by atoms with Crippen LogP contribution in [0, 0.1) is 0 Å². The quantitative estimate of drug-likeness (QED) is 0.713. The number of Topliss-reactive ketones (excluding diaryl/α,β-unsaturated/α-hetero) is 1. The van der Waals surface area contributed by atoms with Gasteiger partial charge in [-0.1, -0.05) is 24.3 Å². The molecular weight excluding hydrogens is 198 g/mol. The summed E-state index contributed by atoms with van der Waals surface area (Å²) in [6, 6.07) is 7.94. The summed E-state index contributed by atoms with van der Waals surface area (Å²) in [5, 5.41) is 3.11. The Morgan fingerprint density at radius 3 is 2.94 bits per heavy atom. The third-order valence-electron chi connectivity index (χ3n) is 3.27. The van der Waals surface area contributed by atoms with Gasteiger partial charge in [0, 0.05) is 17.7 Å². The molecule has 0 aromatic heterocycles. The maximum absolute atomic E-state index is 12.3. The van der Waals surface area contributed by atoms with E-state index in [-0.39, 0.29) is 5.78 Å². The zero-order valence-electron chi connectivity index (χ0n) is 8.99. The minimum absolute atomic E-state index is 0.194. The van der Waals surface area contributed by atoms with E-state index in [2.05, 4.69) is 11.4 Å². The number of aryl methyl sites for hydroxylation is 1. The second kappa shape index (κ2) is 3.63. The van der Waals surface area contributed by atoms with Crippen LogP contribution in [0.4, 0.5) is 0 Å². The molecule has 3 rings (SSSR count). The van der Waals surface area contributed by atoms with Crippen molar-refractivity contribution in [2.24, 2.45) is 0 Å². The lowest BCUT2D eigenvalue weighted by Crippen LogP contribution is -2.20. The molecule has 2 aliphatic rings. The first kappa shape index (κ1) is 9.40. The van der Waals surface area contributed by atoms with Crippen molar-refractivity contribution in [3.8, 4) is 0 Å². The molecule has 1 heterocycles. The standard InChI is InChI=1S/C14H13NO/c16-14-12-4-2-1-3-10(12)5-6-11-7-8-15-9-13(11)14/h1-4,7-8,15H,5-6,9H2. The van der Waals surface area contributed by atoms with E-state index >= 15 is 0 Å². The Hall–Kier alpha value is -1.83. The van der Waals surface area contributed by atoms with E-state index in [1.54, 1.807) is 0 Å². The third-order valence-corrected chi connectivity index (χ3v) is 3.27. The Kier molecular flexibility index (Phi) is 2.13. The van der Waals surface area contributed by atoms with Gasteiger partial charge >= 0.3 is 0 Å². The van der Waals surface area contributed by atoms with Crippen LogP contribution in [0.5, 0.6) is 0 Å². The van der Waals surface area contributed by atoms with Crippen LogP contribution in [0.2, 0.25) is 0 Å². The van der Waals surface area contributed by atoms with Crippen molar-refractivity contribution in [3.05, 3.63) is 58.8 Å². The number of hydrogen-bond donors (Lipinski definition) is 1. The fourth-order valence-corrected chi connectivity index (χ4v) is 2.39. The monoisotopic (exact) mass is 211 g/mol. The smallest absolute Gasteiger partial charge is 0.191 e. The highest BCUT2D eigenvalue weighted by molar-refractivity contribution is 6.11. The van der Waals surface area contributed by atoms with Gasteiger partial charge < -0.3 is 5.32 Å². The lowest BCUT2D eigenvalue weighted by atomic mass is 9.97. The highest BCUT2D eigenvalue weighted by Gasteiger charge is 2.22. The largest absolute Gasteiger partial charge is 0.387 e. The van der Waals surface area contributed by atoms with Crippen molar-refractivity contribution in [2.75, 3.05) is 6.54 Å². The van der Waals surface area contributed by atoms with Gasteiger partial charge in [0.05, 0.1) is 0 Å². The van der Waals surface area contributed by atoms with Crippen molar-refractivity contribution >= 4 is 5.78 Å². The van der Waals surface area contributed by atoms with Crippen LogP contribution in [0.1, 0.15) is 22.3 Å². The van der Waals surface area contributed by atoms with Gasteiger partial charge in [-0.2, -0.15) is 0 Å². The minimum Gasteiger partial charge on any atom is -0.387 e. The van der Waals surface area contributed by atoms with E-state index in [1.165, 1.54) is 11.1 Å². The van der Waals surface area contributed by atoms with Crippen molar-refractivity contribution in [3.63, 3.8) is 0 Å². The number of carbonyl (C=O) groups excluding carboxylic acids is 1. The van der Waals surface area contributed by atoms with E-state index in [9.17, 15) is 4.79 Å². The van der Waals surface area contributed by atoms with Crippen LogP contribution in [-0.4, -0.2) is 12.3 Å². The summed E-state index contributed by atoms with van der Waals surface area (Å²) in [6.07, 6.45) is 5.89. The first-order valence-electron chi connectivity index (χ1n) is 5.61. The molecule has 0 spiro atoms. The average Bonchev–Trinajstić information content (AvgIpc) is 2.49. The molecule has 0 saturated heterocycles. The van der Waals surface area contributed by atoms with Gasteiger partial charge in [0.2, 0.25) is 0 Å². The lowest BCUT2D eigenvalue weighted by Gasteiger charge is -2.13. The van der Waals surface area contributed by atoms with E-state index < -0.39 is 0 Å². The van der Waals surface area contributed by atoms with Crippen molar-refractivity contribution in [1.29, 1.82) is 0 Å². The lowest BCUT2D eigenvalue weighted by molar-refractivity contribution is 0.103. The molecule has 0 unspecified atom stereocenters. The number of ketones is 1. The molecule has 80 valence electrons. The van der Waals surface area contributed by atoms with Crippen LogP contribution in [0.3, 0.4) is 0 Å². The van der Waals surface area contributed by atoms with E-state index in [0.717, 1.165) is 24.0 Å². The number of rotatable bonds is 0. The Morgan fingerprint density at radius 1 is 1.12 bits per heavy atom. The summed E-state index contributed by atoms with van der Waals surface area (Å²) < 4.78 is 0. The highest BCUT2D eigenvalue weighted by atomic mass is 16.1. The maximum Gasteiger partial charge on any atom is 0.191 e. The summed E-state index contributed by atoms with van der Waals surface area (Å²) in [6.45, 7) is 0.666. The van der Waals surface area contributed by atoms with Crippen molar-refractivity contribution in [2.45, 2.75) is 12.8 Å². The molecule has 0 saturated carbocycles. The fraction of sp³-hybridized carbons (Fsp3) is 0.214. The predicted octanol–water partition coefficient (Wildman–Crippen LogP) is 2.23. The van der Waals surface area contributed by atoms with Gasteiger partial charge in [-0.15, -0.1) is 0 Å². The zero-order valence-corrected chi connectivity index (χ0v) is 8.99. The van der Waals surface area contributed by atoms with Crippen molar-refractivity contribution in [1.82, 2.24) is 5.32 Å². The molecule has 0 atom stereocenters. The Bertz CT molecular complexity index is 511. The molecule has 0 bridgehead atoms. The van der Waals surface area contributed by atoms with Gasteiger partial charge in [-0.25, -0.2) is 0 Å². The van der Waals surface area contributed by atoms with E-state index in [0.29, 0.717) is 6.54 Å². The average molecular weight is 211 g/mol. The van der Waals surface area contributed by atoms with E-state index in [4.69, 9.17) is 0 Å². The molecule has 0 amide bonds. The van der Waals surface area contributed by atoms with Gasteiger partial charge in [0.25, 0.3) is 0 Å². The first-order chi connectivity index (χ1) is 7.86. The van der Waals surface area contributed by atoms with Gasteiger partial charge in [-0.3, -0.25) is 4.79 Å². The molecular formula is C14H13NO. The number of fused-ring (bicyclic) bond motifs is 1. The molecule has 16 heavy (non-hydrogen) atoms. The molecule has 0 fully saturated rings. The molecule has 1 aromatic rings. The second-order valence-electron chi connectivity index (χ2n) is 4.20. The second-order valence-corrected chi connectivity index (χ2v) is 4.20. The highest BCUT2D eigenvalue weighted by Crippen LogP contribution is 2.26. The number of allylic oxidation sites excluding steroid dienone is 2. The maximum atomic E-state index is 12.3. The third kappa shape index (κ3) is 1.38. The van der Waals surface area contributed by atoms with Crippen molar-refractivity contribution < 1.29 is 4.79 Å². The van der Waals surface area contributed by atoms with Crippen LogP contribution >= 0.6 is 0 Å². The first-order valence-corrected chi connectivity index (χ1v) is 5.61. The Morgan fingerprint density at radius 2 is 2.00 bits per heavy atom. The van der Waals surface area contributed by atoms with Gasteiger partial charge in [-0.05, 0) is 36.3 Å². The molecule has 2 nitrogen and oxygen atoms in total. The summed E-state index contributed by atoms with van der Waals surface area (Å²) >= 11 is 0. The normalized spacial score (nSPS) is 18.6. The summed E-state index contributed by atoms with van der Waals surface area (Å²) in [5.41, 5.74) is 4.19. The summed E-state index contributed by atoms with van der Waals surface area (Å²) in [5.74, 6) is 0.194. The van der Waals surface area contributed by atoms with Gasteiger partial charge in [0.15, 0.2) is 5.78 Å². The van der Waals surface area contributed by atoms with Crippen LogP contribution in [0.25, 0.3) is 0 Å². The summed E-state index contributed by atoms with van der Waals surface area (Å²) in [4.78, 5) is 12.3. The summed E-state index contributed by atoms with van der Waals surface area (Å²) in [7, 11) is 0. The zero-order chi connectivity index (χ0) is 11.0. The molecule has 1 N–H and O–H groups in total. The Balaban J connectivity index is 2.13. The van der Waals surface area contributed by atoms with Crippen LogP contribution in [-0.2, 0) is 6.42 Å². The van der Waals surface area contributed by atoms with Gasteiger partial charge in [0.1, 0.15) is 0 Å². The Labute approximate surface area is 94.7 Å². The number of benzene rings is 1.